The second-order valence-electron chi connectivity index (χ2n) is 5.34. The van der Waals surface area contributed by atoms with E-state index in [0.29, 0.717) is 5.78 Å². The minimum Gasteiger partial charge on any atom is -0.368 e. The van der Waals surface area contributed by atoms with E-state index in [2.05, 4.69) is 11.8 Å². The monoisotopic (exact) mass is 239 g/mol. The number of Topliss-reactive ketones (excluding diaryl/α,β-unsaturated/α-hetero) is 1. The van der Waals surface area contributed by atoms with E-state index in [1.807, 2.05) is 0 Å². The summed E-state index contributed by atoms with van der Waals surface area (Å²) in [4.78, 5) is 14.7. The molecule has 0 amide bonds. The predicted molar refractivity (Wildman–Crippen MR) is 68.1 cm³/mol. The van der Waals surface area contributed by atoms with Crippen LogP contribution in [0.4, 0.5) is 0 Å². The van der Waals surface area contributed by atoms with Crippen LogP contribution in [0.25, 0.3) is 0 Å². The molecule has 0 bridgehead atoms. The molecule has 1 saturated carbocycles. The van der Waals surface area contributed by atoms with Crippen LogP contribution in [0, 0.1) is 5.92 Å². The SMILES string of the molecule is CCN1CCOC(C(=O)C2CCCCCC2)C1. The fourth-order valence-electron chi connectivity index (χ4n) is 2.99. The zero-order valence-electron chi connectivity index (χ0n) is 11.0. The maximum Gasteiger partial charge on any atom is 0.165 e. The summed E-state index contributed by atoms with van der Waals surface area (Å²) in [5.74, 6) is 0.657. The van der Waals surface area contributed by atoms with Gasteiger partial charge in [0, 0.05) is 19.0 Å². The van der Waals surface area contributed by atoms with E-state index in [4.69, 9.17) is 4.74 Å². The van der Waals surface area contributed by atoms with Crippen LogP contribution in [0.1, 0.15) is 45.4 Å². The number of nitrogens with zero attached hydrogens (tertiary/aromatic N) is 1. The van der Waals surface area contributed by atoms with Gasteiger partial charge in [-0.2, -0.15) is 0 Å². The van der Waals surface area contributed by atoms with E-state index in [1.54, 1.807) is 0 Å². The van der Waals surface area contributed by atoms with Gasteiger partial charge in [0.1, 0.15) is 6.10 Å². The Bertz CT molecular complexity index is 247. The maximum atomic E-state index is 12.4. The van der Waals surface area contributed by atoms with Gasteiger partial charge in [-0.05, 0) is 19.4 Å². The van der Waals surface area contributed by atoms with Gasteiger partial charge in [-0.3, -0.25) is 9.69 Å². The van der Waals surface area contributed by atoms with Crippen molar-refractivity contribution in [2.45, 2.75) is 51.6 Å². The lowest BCUT2D eigenvalue weighted by atomic mass is 9.91. The standard InChI is InChI=1S/C14H25NO2/c1-2-15-9-10-17-13(11-15)14(16)12-7-5-3-4-6-8-12/h12-13H,2-11H2,1H3. The van der Waals surface area contributed by atoms with E-state index >= 15 is 0 Å². The first-order valence-electron chi connectivity index (χ1n) is 7.19. The van der Waals surface area contributed by atoms with E-state index in [-0.39, 0.29) is 12.0 Å². The number of carbonyl (C=O) groups excluding carboxylic acids is 1. The molecule has 3 heteroatoms. The molecule has 2 aliphatic rings. The van der Waals surface area contributed by atoms with Crippen LogP contribution in [0.15, 0.2) is 0 Å². The lowest BCUT2D eigenvalue weighted by Gasteiger charge is -2.32. The van der Waals surface area contributed by atoms with Gasteiger partial charge >= 0.3 is 0 Å². The molecule has 1 atom stereocenters. The Balaban J connectivity index is 1.89. The first-order chi connectivity index (χ1) is 8.31. The first-order valence-corrected chi connectivity index (χ1v) is 7.19. The van der Waals surface area contributed by atoms with Crippen LogP contribution in [-0.4, -0.2) is 43.0 Å². The van der Waals surface area contributed by atoms with Crippen LogP contribution < -0.4 is 0 Å². The van der Waals surface area contributed by atoms with Crippen molar-refractivity contribution in [1.29, 1.82) is 0 Å². The number of ether oxygens (including phenoxy) is 1. The van der Waals surface area contributed by atoms with E-state index in [1.165, 1.54) is 25.7 Å². The van der Waals surface area contributed by atoms with Crippen molar-refractivity contribution in [3.8, 4) is 0 Å². The smallest absolute Gasteiger partial charge is 0.165 e. The molecule has 0 aromatic carbocycles. The van der Waals surface area contributed by atoms with Gasteiger partial charge in [0.15, 0.2) is 5.78 Å². The molecular weight excluding hydrogens is 214 g/mol. The van der Waals surface area contributed by atoms with E-state index in [0.717, 1.165) is 39.1 Å². The summed E-state index contributed by atoms with van der Waals surface area (Å²) < 4.78 is 5.67. The van der Waals surface area contributed by atoms with Crippen LogP contribution in [0.3, 0.4) is 0 Å². The number of hydrogen-bond acceptors (Lipinski definition) is 3. The second kappa shape index (κ2) is 6.50. The minimum absolute atomic E-state index is 0.146. The molecule has 1 saturated heterocycles. The molecule has 3 nitrogen and oxygen atoms in total. The van der Waals surface area contributed by atoms with Crippen molar-refractivity contribution in [3.63, 3.8) is 0 Å². The fraction of sp³-hybridized carbons (Fsp3) is 0.929. The van der Waals surface area contributed by atoms with Crippen molar-refractivity contribution in [2.75, 3.05) is 26.2 Å². The van der Waals surface area contributed by atoms with Gasteiger partial charge in [0.05, 0.1) is 6.61 Å². The van der Waals surface area contributed by atoms with Gasteiger partial charge in [-0.25, -0.2) is 0 Å². The van der Waals surface area contributed by atoms with Crippen molar-refractivity contribution in [2.24, 2.45) is 5.92 Å². The molecule has 0 aromatic heterocycles. The predicted octanol–water partition coefficient (Wildman–Crippen LogP) is 2.25. The molecule has 0 spiro atoms. The number of morpholine rings is 1. The normalized spacial score (nSPS) is 28.9. The molecule has 1 aliphatic carbocycles. The summed E-state index contributed by atoms with van der Waals surface area (Å²) in [5, 5.41) is 0. The lowest BCUT2D eigenvalue weighted by Crippen LogP contribution is -2.47. The van der Waals surface area contributed by atoms with Gasteiger partial charge < -0.3 is 4.74 Å². The third-order valence-corrected chi connectivity index (χ3v) is 4.17. The molecule has 98 valence electrons. The Morgan fingerprint density at radius 3 is 2.59 bits per heavy atom. The van der Waals surface area contributed by atoms with Gasteiger partial charge in [0.25, 0.3) is 0 Å². The zero-order valence-corrected chi connectivity index (χ0v) is 11.0. The average molecular weight is 239 g/mol. The highest BCUT2D eigenvalue weighted by molar-refractivity contribution is 5.85. The average Bonchev–Trinajstić information content (AvgIpc) is 2.67. The highest BCUT2D eigenvalue weighted by Crippen LogP contribution is 2.25. The topological polar surface area (TPSA) is 29.5 Å². The zero-order chi connectivity index (χ0) is 12.1. The Morgan fingerprint density at radius 1 is 1.24 bits per heavy atom. The second-order valence-corrected chi connectivity index (χ2v) is 5.34. The van der Waals surface area contributed by atoms with Gasteiger partial charge in [-0.1, -0.05) is 32.6 Å². The van der Waals surface area contributed by atoms with E-state index in [9.17, 15) is 4.79 Å². The summed E-state index contributed by atoms with van der Waals surface area (Å²) in [6.45, 7) is 5.68. The minimum atomic E-state index is -0.146. The quantitative estimate of drug-likeness (QED) is 0.707. The molecule has 2 rings (SSSR count). The Labute approximate surface area is 105 Å². The molecule has 0 N–H and O–H groups in total. The van der Waals surface area contributed by atoms with Crippen molar-refractivity contribution >= 4 is 5.78 Å². The third-order valence-electron chi connectivity index (χ3n) is 4.17. The Morgan fingerprint density at radius 2 is 1.94 bits per heavy atom. The number of carbonyl (C=O) groups is 1. The van der Waals surface area contributed by atoms with Crippen LogP contribution in [0.2, 0.25) is 0 Å². The highest BCUT2D eigenvalue weighted by atomic mass is 16.5. The molecular formula is C14H25NO2. The molecule has 1 unspecified atom stereocenters. The maximum absolute atomic E-state index is 12.4. The summed E-state index contributed by atoms with van der Waals surface area (Å²) in [5.41, 5.74) is 0. The summed E-state index contributed by atoms with van der Waals surface area (Å²) in [6, 6.07) is 0. The van der Waals surface area contributed by atoms with Crippen LogP contribution in [0.5, 0.6) is 0 Å². The third kappa shape index (κ3) is 3.52. The molecule has 0 radical (unpaired) electrons. The van der Waals surface area contributed by atoms with Gasteiger partial charge in [-0.15, -0.1) is 0 Å². The molecule has 17 heavy (non-hydrogen) atoms. The van der Waals surface area contributed by atoms with Crippen molar-refractivity contribution < 1.29 is 9.53 Å². The number of ketones is 1. The molecule has 2 fully saturated rings. The van der Waals surface area contributed by atoms with E-state index < -0.39 is 0 Å². The van der Waals surface area contributed by atoms with Crippen LogP contribution in [-0.2, 0) is 9.53 Å². The summed E-state index contributed by atoms with van der Waals surface area (Å²) >= 11 is 0. The molecule has 1 heterocycles. The summed E-state index contributed by atoms with van der Waals surface area (Å²) in [7, 11) is 0. The molecule has 0 aromatic rings. The number of rotatable bonds is 3. The fourth-order valence-corrected chi connectivity index (χ4v) is 2.99. The van der Waals surface area contributed by atoms with Gasteiger partial charge in [0.2, 0.25) is 0 Å². The lowest BCUT2D eigenvalue weighted by molar-refractivity contribution is -0.140. The Hall–Kier alpha value is -0.410. The first kappa shape index (κ1) is 13.0. The van der Waals surface area contributed by atoms with Crippen LogP contribution >= 0.6 is 0 Å². The molecule has 1 aliphatic heterocycles. The number of hydrogen-bond donors (Lipinski definition) is 0. The largest absolute Gasteiger partial charge is 0.368 e. The van der Waals surface area contributed by atoms with Crippen molar-refractivity contribution in [1.82, 2.24) is 4.90 Å². The Kier molecular flexibility index (Phi) is 4.99. The summed E-state index contributed by atoms with van der Waals surface area (Å²) in [6.07, 6.45) is 7.08. The van der Waals surface area contributed by atoms with Crippen molar-refractivity contribution in [3.05, 3.63) is 0 Å². The highest BCUT2D eigenvalue weighted by Gasteiger charge is 2.31. The number of likely N-dealkylation sites (N-methyl/N-ethyl adjacent to an activating group) is 1.